The Morgan fingerprint density at radius 3 is 2.85 bits per heavy atom. The number of likely N-dealkylation sites (N-methyl/N-ethyl adjacent to an activating group) is 1. The molecule has 0 saturated heterocycles. The zero-order chi connectivity index (χ0) is 9.84. The van der Waals surface area contributed by atoms with Crippen LogP contribution in [-0.4, -0.2) is 24.6 Å². The SMILES string of the molecule is CN(CC(N)=O)c1cccc(O)c1. The number of aromatic hydroxyl groups is 1. The normalized spacial score (nSPS) is 9.62. The van der Waals surface area contributed by atoms with Crippen molar-refractivity contribution in [2.45, 2.75) is 0 Å². The number of phenols is 1. The molecule has 0 unspecified atom stereocenters. The van der Waals surface area contributed by atoms with Gasteiger partial charge in [0.25, 0.3) is 0 Å². The van der Waals surface area contributed by atoms with Crippen molar-refractivity contribution in [3.63, 3.8) is 0 Å². The molecule has 1 aromatic carbocycles. The lowest BCUT2D eigenvalue weighted by atomic mass is 10.3. The lowest BCUT2D eigenvalue weighted by molar-refractivity contribution is -0.116. The predicted octanol–water partition coefficient (Wildman–Crippen LogP) is 0.314. The van der Waals surface area contributed by atoms with Crippen LogP contribution in [0.4, 0.5) is 5.69 Å². The van der Waals surface area contributed by atoms with E-state index in [-0.39, 0.29) is 12.3 Å². The summed E-state index contributed by atoms with van der Waals surface area (Å²) in [7, 11) is 1.74. The van der Waals surface area contributed by atoms with E-state index in [1.807, 2.05) is 0 Å². The van der Waals surface area contributed by atoms with Crippen LogP contribution in [0.25, 0.3) is 0 Å². The Morgan fingerprint density at radius 1 is 1.62 bits per heavy atom. The second-order valence-electron chi connectivity index (χ2n) is 2.84. The molecule has 0 heterocycles. The maximum absolute atomic E-state index is 10.6. The number of carbonyl (C=O) groups excluding carboxylic acids is 1. The molecule has 0 spiro atoms. The van der Waals surface area contributed by atoms with Gasteiger partial charge in [0.1, 0.15) is 5.75 Å². The molecule has 13 heavy (non-hydrogen) atoms. The van der Waals surface area contributed by atoms with Crippen molar-refractivity contribution in [1.82, 2.24) is 0 Å². The van der Waals surface area contributed by atoms with Crippen molar-refractivity contribution in [3.8, 4) is 5.75 Å². The van der Waals surface area contributed by atoms with E-state index >= 15 is 0 Å². The Balaban J connectivity index is 2.76. The van der Waals surface area contributed by atoms with Gasteiger partial charge in [0.05, 0.1) is 6.54 Å². The first-order chi connectivity index (χ1) is 6.09. The Labute approximate surface area is 76.6 Å². The molecule has 0 saturated carbocycles. The third kappa shape index (κ3) is 2.66. The number of nitrogens with zero attached hydrogens (tertiary/aromatic N) is 1. The highest BCUT2D eigenvalue weighted by Gasteiger charge is 2.03. The molecule has 0 atom stereocenters. The van der Waals surface area contributed by atoms with Crippen LogP contribution in [0.3, 0.4) is 0 Å². The summed E-state index contributed by atoms with van der Waals surface area (Å²) in [6, 6.07) is 6.65. The van der Waals surface area contributed by atoms with Crippen LogP contribution >= 0.6 is 0 Å². The van der Waals surface area contributed by atoms with Gasteiger partial charge in [-0.1, -0.05) is 6.07 Å². The number of nitrogens with two attached hydrogens (primary N) is 1. The fraction of sp³-hybridized carbons (Fsp3) is 0.222. The Bertz CT molecular complexity index is 312. The largest absolute Gasteiger partial charge is 0.508 e. The Kier molecular flexibility index (Phi) is 2.74. The average Bonchev–Trinajstić information content (AvgIpc) is 2.03. The molecule has 3 N–H and O–H groups in total. The lowest BCUT2D eigenvalue weighted by Crippen LogP contribution is -2.30. The molecule has 4 nitrogen and oxygen atoms in total. The summed E-state index contributed by atoms with van der Waals surface area (Å²) in [6.45, 7) is 0.142. The third-order valence-electron chi connectivity index (χ3n) is 1.66. The van der Waals surface area contributed by atoms with Gasteiger partial charge in [0, 0.05) is 18.8 Å². The second kappa shape index (κ2) is 3.80. The first kappa shape index (κ1) is 9.38. The Hall–Kier alpha value is -1.71. The van der Waals surface area contributed by atoms with Crippen LogP contribution in [0.5, 0.6) is 5.75 Å². The van der Waals surface area contributed by atoms with E-state index in [2.05, 4.69) is 0 Å². The maximum atomic E-state index is 10.6. The maximum Gasteiger partial charge on any atom is 0.236 e. The number of benzene rings is 1. The molecule has 0 aromatic heterocycles. The highest BCUT2D eigenvalue weighted by Crippen LogP contribution is 2.18. The number of hydrogen-bond donors (Lipinski definition) is 2. The van der Waals surface area contributed by atoms with E-state index in [0.717, 1.165) is 5.69 Å². The van der Waals surface area contributed by atoms with Gasteiger partial charge >= 0.3 is 0 Å². The van der Waals surface area contributed by atoms with Crippen LogP contribution in [0, 0.1) is 0 Å². The summed E-state index contributed by atoms with van der Waals surface area (Å²) in [5.74, 6) is -0.223. The smallest absolute Gasteiger partial charge is 0.236 e. The molecule has 0 bridgehead atoms. The van der Waals surface area contributed by atoms with E-state index in [0.29, 0.717) is 0 Å². The van der Waals surface area contributed by atoms with Gasteiger partial charge in [-0.3, -0.25) is 4.79 Å². The van der Waals surface area contributed by atoms with Gasteiger partial charge in [-0.05, 0) is 12.1 Å². The molecule has 0 aliphatic carbocycles. The number of phenolic OH excluding ortho intramolecular Hbond substituents is 1. The lowest BCUT2D eigenvalue weighted by Gasteiger charge is -2.16. The zero-order valence-corrected chi connectivity index (χ0v) is 7.40. The second-order valence-corrected chi connectivity index (χ2v) is 2.84. The van der Waals surface area contributed by atoms with E-state index in [1.165, 1.54) is 0 Å². The minimum absolute atomic E-state index is 0.142. The van der Waals surface area contributed by atoms with Crippen molar-refractivity contribution >= 4 is 11.6 Å². The average molecular weight is 180 g/mol. The number of amides is 1. The number of anilines is 1. The van der Waals surface area contributed by atoms with E-state index in [4.69, 9.17) is 10.8 Å². The number of hydrogen-bond acceptors (Lipinski definition) is 3. The van der Waals surface area contributed by atoms with Crippen LogP contribution in [-0.2, 0) is 4.79 Å². The van der Waals surface area contributed by atoms with E-state index in [9.17, 15) is 4.79 Å². The minimum Gasteiger partial charge on any atom is -0.508 e. The molecule has 0 radical (unpaired) electrons. The standard InChI is InChI=1S/C9H12N2O2/c1-11(6-9(10)13)7-3-2-4-8(12)5-7/h2-5,12H,6H2,1H3,(H2,10,13). The number of rotatable bonds is 3. The fourth-order valence-corrected chi connectivity index (χ4v) is 1.06. The molecule has 0 fully saturated rings. The monoisotopic (exact) mass is 180 g/mol. The molecule has 1 aromatic rings. The highest BCUT2D eigenvalue weighted by molar-refractivity contribution is 5.79. The molecule has 1 rings (SSSR count). The fourth-order valence-electron chi connectivity index (χ4n) is 1.06. The van der Waals surface area contributed by atoms with Crippen molar-refractivity contribution in [2.75, 3.05) is 18.5 Å². The summed E-state index contributed by atoms with van der Waals surface area (Å²) in [5, 5.41) is 9.15. The summed E-state index contributed by atoms with van der Waals surface area (Å²) in [5.41, 5.74) is 5.79. The molecular weight excluding hydrogens is 168 g/mol. The van der Waals surface area contributed by atoms with Crippen molar-refractivity contribution < 1.29 is 9.90 Å². The van der Waals surface area contributed by atoms with E-state index in [1.54, 1.807) is 36.2 Å². The van der Waals surface area contributed by atoms with Gasteiger partial charge in [0.2, 0.25) is 5.91 Å². The van der Waals surface area contributed by atoms with Crippen molar-refractivity contribution in [3.05, 3.63) is 24.3 Å². The quantitative estimate of drug-likeness (QED) is 0.703. The number of carbonyl (C=O) groups is 1. The summed E-state index contributed by atoms with van der Waals surface area (Å²) in [4.78, 5) is 12.3. The predicted molar refractivity (Wildman–Crippen MR) is 50.6 cm³/mol. The van der Waals surface area contributed by atoms with Crippen molar-refractivity contribution in [2.24, 2.45) is 5.73 Å². The first-order valence-corrected chi connectivity index (χ1v) is 3.88. The molecular formula is C9H12N2O2. The topological polar surface area (TPSA) is 66.6 Å². The van der Waals surface area contributed by atoms with E-state index < -0.39 is 5.91 Å². The molecule has 1 amide bonds. The molecule has 70 valence electrons. The van der Waals surface area contributed by atoms with Crippen LogP contribution in [0.2, 0.25) is 0 Å². The summed E-state index contributed by atoms with van der Waals surface area (Å²) in [6.07, 6.45) is 0. The third-order valence-corrected chi connectivity index (χ3v) is 1.66. The van der Waals surface area contributed by atoms with Gasteiger partial charge in [0.15, 0.2) is 0 Å². The zero-order valence-electron chi connectivity index (χ0n) is 7.40. The molecule has 0 aliphatic heterocycles. The minimum atomic E-state index is -0.397. The van der Waals surface area contributed by atoms with Crippen LogP contribution in [0.1, 0.15) is 0 Å². The van der Waals surface area contributed by atoms with Crippen LogP contribution < -0.4 is 10.6 Å². The molecule has 0 aliphatic rings. The summed E-state index contributed by atoms with van der Waals surface area (Å²) < 4.78 is 0. The van der Waals surface area contributed by atoms with Gasteiger partial charge in [-0.25, -0.2) is 0 Å². The van der Waals surface area contributed by atoms with Gasteiger partial charge in [-0.2, -0.15) is 0 Å². The number of primary amides is 1. The van der Waals surface area contributed by atoms with Crippen molar-refractivity contribution in [1.29, 1.82) is 0 Å². The Morgan fingerprint density at radius 2 is 2.31 bits per heavy atom. The van der Waals surface area contributed by atoms with Crippen LogP contribution in [0.15, 0.2) is 24.3 Å². The molecule has 4 heteroatoms. The summed E-state index contributed by atoms with van der Waals surface area (Å²) >= 11 is 0. The van der Waals surface area contributed by atoms with Gasteiger partial charge in [-0.15, -0.1) is 0 Å². The first-order valence-electron chi connectivity index (χ1n) is 3.88. The highest BCUT2D eigenvalue weighted by atomic mass is 16.3. The van der Waals surface area contributed by atoms with Gasteiger partial charge < -0.3 is 15.7 Å².